The van der Waals surface area contributed by atoms with Crippen LogP contribution in [0.5, 0.6) is 0 Å². The topological polar surface area (TPSA) is 64.0 Å². The van der Waals surface area contributed by atoms with Gasteiger partial charge in [0.2, 0.25) is 10.0 Å². The van der Waals surface area contributed by atoms with E-state index in [1.165, 1.54) is 5.56 Å². The van der Waals surface area contributed by atoms with Crippen molar-refractivity contribution in [1.29, 1.82) is 0 Å². The highest BCUT2D eigenvalue weighted by molar-refractivity contribution is 7.88. The molecule has 0 fully saturated rings. The zero-order valence-electron chi connectivity index (χ0n) is 11.5. The summed E-state index contributed by atoms with van der Waals surface area (Å²) in [5, 5.41) is 0. The van der Waals surface area contributed by atoms with Crippen molar-refractivity contribution in [2.75, 3.05) is 6.26 Å². The minimum Gasteiger partial charge on any atom is -0.334 e. The Morgan fingerprint density at radius 1 is 1.25 bits per heavy atom. The van der Waals surface area contributed by atoms with Crippen molar-refractivity contribution in [1.82, 2.24) is 14.3 Å². The van der Waals surface area contributed by atoms with Crippen LogP contribution in [-0.4, -0.2) is 24.2 Å². The Labute approximate surface area is 119 Å². The van der Waals surface area contributed by atoms with Crippen LogP contribution >= 0.6 is 0 Å². The van der Waals surface area contributed by atoms with Gasteiger partial charge < -0.3 is 4.57 Å². The summed E-state index contributed by atoms with van der Waals surface area (Å²) >= 11 is 0. The molecule has 0 amide bonds. The first-order chi connectivity index (χ1) is 9.54. The lowest BCUT2D eigenvalue weighted by Crippen LogP contribution is -2.23. The number of benzene rings is 1. The van der Waals surface area contributed by atoms with E-state index >= 15 is 0 Å². The fraction of sp³-hybridized carbons (Fsp3) is 0.357. The Balaban J connectivity index is 1.86. The van der Waals surface area contributed by atoms with E-state index in [1.54, 1.807) is 6.20 Å². The van der Waals surface area contributed by atoms with Crippen molar-refractivity contribution in [2.45, 2.75) is 25.9 Å². The van der Waals surface area contributed by atoms with E-state index in [-0.39, 0.29) is 6.54 Å². The molecular weight excluding hydrogens is 274 g/mol. The smallest absolute Gasteiger partial charge is 0.209 e. The SMILES string of the molecule is CS(=O)(=O)NCc1nccn1CCCc1ccccc1. The second kappa shape index (κ2) is 6.67. The Morgan fingerprint density at radius 3 is 2.70 bits per heavy atom. The van der Waals surface area contributed by atoms with Gasteiger partial charge in [0, 0.05) is 18.9 Å². The molecule has 2 aromatic rings. The molecule has 20 heavy (non-hydrogen) atoms. The van der Waals surface area contributed by atoms with Crippen LogP contribution in [-0.2, 0) is 29.5 Å². The predicted octanol–water partition coefficient (Wildman–Crippen LogP) is 1.57. The van der Waals surface area contributed by atoms with Gasteiger partial charge in [0.15, 0.2) is 0 Å². The maximum atomic E-state index is 11.1. The van der Waals surface area contributed by atoms with E-state index in [2.05, 4.69) is 21.8 Å². The van der Waals surface area contributed by atoms with Crippen LogP contribution in [0.25, 0.3) is 0 Å². The second-order valence-corrected chi connectivity index (χ2v) is 6.55. The van der Waals surface area contributed by atoms with Gasteiger partial charge in [-0.05, 0) is 18.4 Å². The number of aryl methyl sites for hydroxylation is 2. The molecule has 0 saturated carbocycles. The molecule has 1 aromatic heterocycles. The molecule has 1 aromatic carbocycles. The summed E-state index contributed by atoms with van der Waals surface area (Å²) in [7, 11) is -3.18. The summed E-state index contributed by atoms with van der Waals surface area (Å²) in [5.41, 5.74) is 1.31. The Bertz CT molecular complexity index is 635. The van der Waals surface area contributed by atoms with E-state index in [9.17, 15) is 8.42 Å². The third kappa shape index (κ3) is 4.79. The molecule has 1 heterocycles. The number of aromatic nitrogens is 2. The number of rotatable bonds is 7. The molecule has 0 radical (unpaired) electrons. The standard InChI is InChI=1S/C14H19N3O2S/c1-20(18,19)16-12-14-15-9-11-17(14)10-5-8-13-6-3-2-4-7-13/h2-4,6-7,9,11,16H,5,8,10,12H2,1H3. The average Bonchev–Trinajstić information content (AvgIpc) is 2.84. The summed E-state index contributed by atoms with van der Waals surface area (Å²) in [4.78, 5) is 4.18. The summed E-state index contributed by atoms with van der Waals surface area (Å²) in [6.45, 7) is 1.06. The predicted molar refractivity (Wildman–Crippen MR) is 78.7 cm³/mol. The summed E-state index contributed by atoms with van der Waals surface area (Å²) < 4.78 is 26.6. The molecule has 0 aliphatic rings. The quantitative estimate of drug-likeness (QED) is 0.842. The number of hydrogen-bond donors (Lipinski definition) is 1. The van der Waals surface area contributed by atoms with E-state index in [0.717, 1.165) is 31.5 Å². The van der Waals surface area contributed by atoms with Crippen LogP contribution in [0.4, 0.5) is 0 Å². The van der Waals surface area contributed by atoms with Crippen LogP contribution < -0.4 is 4.72 Å². The Morgan fingerprint density at radius 2 is 2.00 bits per heavy atom. The Kier molecular flexibility index (Phi) is 4.92. The van der Waals surface area contributed by atoms with Crippen molar-refractivity contribution in [3.05, 3.63) is 54.1 Å². The van der Waals surface area contributed by atoms with Gasteiger partial charge in [0.05, 0.1) is 12.8 Å². The van der Waals surface area contributed by atoms with Crippen molar-refractivity contribution < 1.29 is 8.42 Å². The highest BCUT2D eigenvalue weighted by atomic mass is 32.2. The number of sulfonamides is 1. The minimum atomic E-state index is -3.18. The highest BCUT2D eigenvalue weighted by Crippen LogP contribution is 2.06. The first-order valence-electron chi connectivity index (χ1n) is 6.53. The molecule has 1 N–H and O–H groups in total. The molecule has 0 saturated heterocycles. The maximum Gasteiger partial charge on any atom is 0.209 e. The Hall–Kier alpha value is -1.66. The lowest BCUT2D eigenvalue weighted by Gasteiger charge is -2.08. The molecule has 0 bridgehead atoms. The van der Waals surface area contributed by atoms with E-state index in [0.29, 0.717) is 0 Å². The van der Waals surface area contributed by atoms with Gasteiger partial charge in [0.25, 0.3) is 0 Å². The van der Waals surface area contributed by atoms with Crippen LogP contribution in [0.15, 0.2) is 42.7 Å². The zero-order valence-corrected chi connectivity index (χ0v) is 12.3. The third-order valence-electron chi connectivity index (χ3n) is 3.00. The normalized spacial score (nSPS) is 11.7. The van der Waals surface area contributed by atoms with Crippen molar-refractivity contribution >= 4 is 10.0 Å². The van der Waals surface area contributed by atoms with Crippen LogP contribution in [0.3, 0.4) is 0 Å². The molecule has 0 aliphatic heterocycles. The lowest BCUT2D eigenvalue weighted by atomic mass is 10.1. The van der Waals surface area contributed by atoms with Gasteiger partial charge in [-0.25, -0.2) is 18.1 Å². The van der Waals surface area contributed by atoms with Gasteiger partial charge in [-0.2, -0.15) is 0 Å². The van der Waals surface area contributed by atoms with E-state index in [1.807, 2.05) is 29.0 Å². The maximum absolute atomic E-state index is 11.1. The first kappa shape index (κ1) is 14.7. The molecule has 0 unspecified atom stereocenters. The van der Waals surface area contributed by atoms with Crippen LogP contribution in [0.1, 0.15) is 17.8 Å². The van der Waals surface area contributed by atoms with Gasteiger partial charge in [-0.15, -0.1) is 0 Å². The highest BCUT2D eigenvalue weighted by Gasteiger charge is 2.06. The largest absolute Gasteiger partial charge is 0.334 e. The number of nitrogens with zero attached hydrogens (tertiary/aromatic N) is 2. The first-order valence-corrected chi connectivity index (χ1v) is 8.42. The molecular formula is C14H19N3O2S. The minimum absolute atomic E-state index is 0.233. The van der Waals surface area contributed by atoms with Crippen molar-refractivity contribution in [3.63, 3.8) is 0 Å². The average molecular weight is 293 g/mol. The zero-order chi connectivity index (χ0) is 14.4. The lowest BCUT2D eigenvalue weighted by molar-refractivity contribution is 0.573. The molecule has 2 rings (SSSR count). The number of hydrogen-bond acceptors (Lipinski definition) is 3. The number of nitrogens with one attached hydrogen (secondary N) is 1. The monoisotopic (exact) mass is 293 g/mol. The molecule has 0 atom stereocenters. The molecule has 5 nitrogen and oxygen atoms in total. The fourth-order valence-electron chi connectivity index (χ4n) is 2.00. The molecule has 0 spiro atoms. The second-order valence-electron chi connectivity index (χ2n) is 4.72. The van der Waals surface area contributed by atoms with Gasteiger partial charge >= 0.3 is 0 Å². The van der Waals surface area contributed by atoms with Gasteiger partial charge in [-0.3, -0.25) is 0 Å². The van der Waals surface area contributed by atoms with Crippen LogP contribution in [0, 0.1) is 0 Å². The summed E-state index contributed by atoms with van der Waals surface area (Å²) in [5.74, 6) is 0.739. The van der Waals surface area contributed by atoms with E-state index in [4.69, 9.17) is 0 Å². The fourth-order valence-corrected chi connectivity index (χ4v) is 2.40. The van der Waals surface area contributed by atoms with Gasteiger partial charge in [-0.1, -0.05) is 30.3 Å². The summed E-state index contributed by atoms with van der Waals surface area (Å²) in [6.07, 6.45) is 6.71. The van der Waals surface area contributed by atoms with Crippen molar-refractivity contribution in [3.8, 4) is 0 Å². The van der Waals surface area contributed by atoms with E-state index < -0.39 is 10.0 Å². The number of imidazole rings is 1. The molecule has 0 aliphatic carbocycles. The van der Waals surface area contributed by atoms with Gasteiger partial charge in [0.1, 0.15) is 5.82 Å². The van der Waals surface area contributed by atoms with Crippen molar-refractivity contribution in [2.24, 2.45) is 0 Å². The summed E-state index contributed by atoms with van der Waals surface area (Å²) in [6, 6.07) is 10.3. The molecule has 6 heteroatoms. The molecule has 108 valence electrons. The third-order valence-corrected chi connectivity index (χ3v) is 3.67. The van der Waals surface area contributed by atoms with Crippen LogP contribution in [0.2, 0.25) is 0 Å².